The van der Waals surface area contributed by atoms with Gasteiger partial charge in [-0.1, -0.05) is 19.8 Å². The molecule has 2 atom stereocenters. The molecule has 0 spiro atoms. The summed E-state index contributed by atoms with van der Waals surface area (Å²) in [5, 5.41) is 2.87. The molecule has 0 radical (unpaired) electrons. The summed E-state index contributed by atoms with van der Waals surface area (Å²) in [5.74, 6) is 0.436. The van der Waals surface area contributed by atoms with Crippen LogP contribution in [0.25, 0.3) is 0 Å². The Morgan fingerprint density at radius 2 is 2.28 bits per heavy atom. The number of nitrogens with two attached hydrogens (primary N) is 1. The lowest BCUT2D eigenvalue weighted by molar-refractivity contribution is 0.0944. The Morgan fingerprint density at radius 3 is 2.89 bits per heavy atom. The van der Waals surface area contributed by atoms with Gasteiger partial charge in [0.15, 0.2) is 0 Å². The summed E-state index contributed by atoms with van der Waals surface area (Å²) >= 11 is 0. The van der Waals surface area contributed by atoms with Crippen LogP contribution in [0.1, 0.15) is 36.5 Å². The molecule has 1 aliphatic carbocycles. The number of carbonyl (C=O) groups is 1. The first-order valence-corrected chi connectivity index (χ1v) is 6.41. The number of anilines is 1. The number of halogens is 1. The van der Waals surface area contributed by atoms with Crippen molar-refractivity contribution in [1.82, 2.24) is 5.32 Å². The summed E-state index contributed by atoms with van der Waals surface area (Å²) in [6, 6.07) is 4.15. The fourth-order valence-electron chi connectivity index (χ4n) is 2.52. The monoisotopic (exact) mass is 250 g/mol. The van der Waals surface area contributed by atoms with Gasteiger partial charge < -0.3 is 11.1 Å². The van der Waals surface area contributed by atoms with Crippen molar-refractivity contribution >= 4 is 11.6 Å². The van der Waals surface area contributed by atoms with Gasteiger partial charge in [-0.3, -0.25) is 4.79 Å². The molecule has 2 rings (SSSR count). The van der Waals surface area contributed by atoms with Crippen LogP contribution in [0.5, 0.6) is 0 Å². The summed E-state index contributed by atoms with van der Waals surface area (Å²) in [6.07, 6.45) is 3.63. The highest BCUT2D eigenvalue weighted by atomic mass is 19.1. The number of hydrogen-bond acceptors (Lipinski definition) is 2. The maximum Gasteiger partial charge on any atom is 0.251 e. The molecule has 0 saturated heterocycles. The molecule has 1 aromatic rings. The van der Waals surface area contributed by atoms with E-state index in [0.29, 0.717) is 23.9 Å². The number of benzene rings is 1. The van der Waals surface area contributed by atoms with Crippen LogP contribution < -0.4 is 11.1 Å². The predicted octanol–water partition coefficient (Wildman–Crippen LogP) is 2.57. The molecule has 1 fully saturated rings. The number of carbonyl (C=O) groups excluding carboxylic acids is 1. The average molecular weight is 250 g/mol. The van der Waals surface area contributed by atoms with Crippen LogP contribution in [0.4, 0.5) is 10.1 Å². The maximum atomic E-state index is 13.2. The zero-order valence-electron chi connectivity index (χ0n) is 10.6. The van der Waals surface area contributed by atoms with Crippen LogP contribution >= 0.6 is 0 Å². The highest BCUT2D eigenvalue weighted by Gasteiger charge is 2.23. The van der Waals surface area contributed by atoms with E-state index in [-0.39, 0.29) is 11.6 Å². The molecule has 18 heavy (non-hydrogen) atoms. The standard InChI is InChI=1S/C14H19FN2O/c1-9-3-2-4-11(9)8-17-14(18)10-5-6-13(16)12(15)7-10/h5-7,9,11H,2-4,8,16H2,1H3,(H,17,18). The van der Waals surface area contributed by atoms with Crippen LogP contribution in [-0.2, 0) is 0 Å². The summed E-state index contributed by atoms with van der Waals surface area (Å²) in [5.41, 5.74) is 5.77. The third-order valence-electron chi connectivity index (χ3n) is 3.83. The van der Waals surface area contributed by atoms with Gasteiger partial charge in [-0.15, -0.1) is 0 Å². The van der Waals surface area contributed by atoms with Crippen LogP contribution in [-0.4, -0.2) is 12.5 Å². The smallest absolute Gasteiger partial charge is 0.251 e. The van der Waals surface area contributed by atoms with Crippen LogP contribution in [0.2, 0.25) is 0 Å². The summed E-state index contributed by atoms with van der Waals surface area (Å²) in [7, 11) is 0. The zero-order valence-corrected chi connectivity index (χ0v) is 10.6. The molecule has 0 heterocycles. The highest BCUT2D eigenvalue weighted by molar-refractivity contribution is 5.94. The van der Waals surface area contributed by atoms with E-state index in [9.17, 15) is 9.18 Å². The Kier molecular flexibility index (Phi) is 3.84. The van der Waals surface area contributed by atoms with E-state index in [1.165, 1.54) is 25.0 Å². The van der Waals surface area contributed by atoms with E-state index in [4.69, 9.17) is 5.73 Å². The van der Waals surface area contributed by atoms with Crippen molar-refractivity contribution < 1.29 is 9.18 Å². The van der Waals surface area contributed by atoms with Crippen LogP contribution in [0.3, 0.4) is 0 Å². The lowest BCUT2D eigenvalue weighted by Gasteiger charge is -2.15. The molecular formula is C14H19FN2O. The Bertz CT molecular complexity index is 447. The van der Waals surface area contributed by atoms with Crippen molar-refractivity contribution in [3.05, 3.63) is 29.6 Å². The minimum Gasteiger partial charge on any atom is -0.396 e. The number of nitrogen functional groups attached to an aromatic ring is 1. The first-order chi connectivity index (χ1) is 8.58. The van der Waals surface area contributed by atoms with Crippen LogP contribution in [0, 0.1) is 17.7 Å². The van der Waals surface area contributed by atoms with Gasteiger partial charge in [0, 0.05) is 12.1 Å². The molecule has 0 aliphatic heterocycles. The minimum absolute atomic E-state index is 0.0657. The molecule has 0 bridgehead atoms. The number of rotatable bonds is 3. The second-order valence-corrected chi connectivity index (χ2v) is 5.11. The topological polar surface area (TPSA) is 55.1 Å². The van der Waals surface area contributed by atoms with E-state index in [2.05, 4.69) is 12.2 Å². The molecule has 2 unspecified atom stereocenters. The maximum absolute atomic E-state index is 13.2. The zero-order chi connectivity index (χ0) is 13.1. The SMILES string of the molecule is CC1CCCC1CNC(=O)c1ccc(N)c(F)c1. The van der Waals surface area contributed by atoms with Gasteiger partial charge in [0.2, 0.25) is 0 Å². The van der Waals surface area contributed by atoms with Gasteiger partial charge in [-0.2, -0.15) is 0 Å². The second-order valence-electron chi connectivity index (χ2n) is 5.11. The summed E-state index contributed by atoms with van der Waals surface area (Å²) in [4.78, 5) is 11.9. The Balaban J connectivity index is 1.93. The molecule has 1 aromatic carbocycles. The first-order valence-electron chi connectivity index (χ1n) is 6.41. The highest BCUT2D eigenvalue weighted by Crippen LogP contribution is 2.30. The molecule has 98 valence electrons. The van der Waals surface area contributed by atoms with Gasteiger partial charge in [0.05, 0.1) is 5.69 Å². The molecule has 1 amide bonds. The van der Waals surface area contributed by atoms with Crippen molar-refractivity contribution in [1.29, 1.82) is 0 Å². The quantitative estimate of drug-likeness (QED) is 0.810. The molecule has 0 aromatic heterocycles. The fourth-order valence-corrected chi connectivity index (χ4v) is 2.52. The lowest BCUT2D eigenvalue weighted by Crippen LogP contribution is -2.30. The van der Waals surface area contributed by atoms with E-state index in [1.54, 1.807) is 6.07 Å². The molecule has 3 N–H and O–H groups in total. The van der Waals surface area contributed by atoms with E-state index < -0.39 is 5.82 Å². The lowest BCUT2D eigenvalue weighted by atomic mass is 9.98. The molecule has 1 aliphatic rings. The van der Waals surface area contributed by atoms with Crippen molar-refractivity contribution in [2.45, 2.75) is 26.2 Å². The van der Waals surface area contributed by atoms with Crippen molar-refractivity contribution in [3.8, 4) is 0 Å². The first kappa shape index (κ1) is 12.9. The Morgan fingerprint density at radius 1 is 1.50 bits per heavy atom. The van der Waals surface area contributed by atoms with E-state index in [1.807, 2.05) is 0 Å². The van der Waals surface area contributed by atoms with E-state index >= 15 is 0 Å². The Labute approximate surface area is 107 Å². The third-order valence-corrected chi connectivity index (χ3v) is 3.83. The van der Waals surface area contributed by atoms with Gasteiger partial charge >= 0.3 is 0 Å². The van der Waals surface area contributed by atoms with Crippen LogP contribution in [0.15, 0.2) is 18.2 Å². The normalized spacial score (nSPS) is 23.0. The molecular weight excluding hydrogens is 231 g/mol. The minimum atomic E-state index is -0.545. The number of hydrogen-bond donors (Lipinski definition) is 2. The van der Waals surface area contributed by atoms with Gasteiger partial charge in [0.1, 0.15) is 5.82 Å². The molecule has 4 heteroatoms. The molecule has 3 nitrogen and oxygen atoms in total. The van der Waals surface area contributed by atoms with Crippen molar-refractivity contribution in [3.63, 3.8) is 0 Å². The third kappa shape index (κ3) is 2.81. The van der Waals surface area contributed by atoms with Crippen molar-refractivity contribution in [2.75, 3.05) is 12.3 Å². The average Bonchev–Trinajstić information content (AvgIpc) is 2.75. The van der Waals surface area contributed by atoms with Gasteiger partial charge in [0.25, 0.3) is 5.91 Å². The van der Waals surface area contributed by atoms with Gasteiger partial charge in [-0.05, 0) is 36.5 Å². The Hall–Kier alpha value is -1.58. The number of nitrogens with one attached hydrogen (secondary N) is 1. The van der Waals surface area contributed by atoms with Crippen molar-refractivity contribution in [2.24, 2.45) is 11.8 Å². The fraction of sp³-hybridized carbons (Fsp3) is 0.500. The predicted molar refractivity (Wildman–Crippen MR) is 69.7 cm³/mol. The molecule has 1 saturated carbocycles. The van der Waals surface area contributed by atoms with Gasteiger partial charge in [-0.25, -0.2) is 4.39 Å². The number of amides is 1. The largest absolute Gasteiger partial charge is 0.396 e. The van der Waals surface area contributed by atoms with E-state index in [0.717, 1.165) is 6.42 Å². The summed E-state index contributed by atoms with van der Waals surface area (Å²) < 4.78 is 13.2. The second kappa shape index (κ2) is 5.38. The summed E-state index contributed by atoms with van der Waals surface area (Å²) in [6.45, 7) is 2.89.